The molecule has 0 aliphatic carbocycles. The van der Waals surface area contributed by atoms with E-state index in [-0.39, 0.29) is 11.5 Å². The minimum Gasteiger partial charge on any atom is -0.409 e. The molecule has 0 unspecified atom stereocenters. The number of anilines is 1. The van der Waals surface area contributed by atoms with Gasteiger partial charge in [-0.3, -0.25) is 4.79 Å². The van der Waals surface area contributed by atoms with E-state index >= 15 is 0 Å². The molecular weight excluding hydrogens is 316 g/mol. The SMILES string of the molecule is N/C(=N/O)c1ccc(Br)cc1NC(=O)c1cn[nH]n1. The van der Waals surface area contributed by atoms with Crippen LogP contribution in [-0.4, -0.2) is 32.4 Å². The molecule has 0 aliphatic rings. The number of nitrogens with one attached hydrogen (secondary N) is 2. The van der Waals surface area contributed by atoms with Gasteiger partial charge in [0.25, 0.3) is 5.91 Å². The number of oxime groups is 1. The smallest absolute Gasteiger partial charge is 0.277 e. The largest absolute Gasteiger partial charge is 0.409 e. The zero-order chi connectivity index (χ0) is 13.8. The Morgan fingerprint density at radius 1 is 1.53 bits per heavy atom. The quantitative estimate of drug-likeness (QED) is 0.288. The maximum Gasteiger partial charge on any atom is 0.277 e. The predicted molar refractivity (Wildman–Crippen MR) is 71.0 cm³/mol. The average molecular weight is 325 g/mol. The van der Waals surface area contributed by atoms with Gasteiger partial charge in [0.15, 0.2) is 11.5 Å². The zero-order valence-electron chi connectivity index (χ0n) is 9.46. The van der Waals surface area contributed by atoms with Crippen molar-refractivity contribution >= 4 is 33.4 Å². The van der Waals surface area contributed by atoms with E-state index in [9.17, 15) is 4.79 Å². The summed E-state index contributed by atoms with van der Waals surface area (Å²) in [5.74, 6) is -0.568. The fourth-order valence-electron chi connectivity index (χ4n) is 1.39. The van der Waals surface area contributed by atoms with Crippen molar-refractivity contribution in [2.75, 3.05) is 5.32 Å². The lowest BCUT2D eigenvalue weighted by Crippen LogP contribution is -2.19. The van der Waals surface area contributed by atoms with Crippen LogP contribution in [0.2, 0.25) is 0 Å². The van der Waals surface area contributed by atoms with Crippen molar-refractivity contribution in [1.82, 2.24) is 15.4 Å². The molecule has 0 spiro atoms. The lowest BCUT2D eigenvalue weighted by Gasteiger charge is -2.09. The van der Waals surface area contributed by atoms with Crippen LogP contribution in [0.4, 0.5) is 5.69 Å². The fraction of sp³-hybridized carbons (Fsp3) is 0. The number of halogens is 1. The van der Waals surface area contributed by atoms with E-state index in [0.29, 0.717) is 11.3 Å². The van der Waals surface area contributed by atoms with Gasteiger partial charge >= 0.3 is 0 Å². The highest BCUT2D eigenvalue weighted by atomic mass is 79.9. The maximum absolute atomic E-state index is 11.9. The number of H-pyrrole nitrogens is 1. The van der Waals surface area contributed by atoms with Crippen LogP contribution in [0.25, 0.3) is 0 Å². The van der Waals surface area contributed by atoms with Gasteiger partial charge in [-0.1, -0.05) is 21.1 Å². The summed E-state index contributed by atoms with van der Waals surface area (Å²) in [5.41, 5.74) is 6.45. The molecule has 98 valence electrons. The predicted octanol–water partition coefficient (Wildman–Crippen LogP) is 0.914. The van der Waals surface area contributed by atoms with Gasteiger partial charge in [-0.05, 0) is 18.2 Å². The lowest BCUT2D eigenvalue weighted by atomic mass is 10.1. The third kappa shape index (κ3) is 2.88. The van der Waals surface area contributed by atoms with E-state index in [1.807, 2.05) is 0 Å². The summed E-state index contributed by atoms with van der Waals surface area (Å²) in [6.45, 7) is 0. The molecule has 1 heterocycles. The molecule has 0 saturated heterocycles. The van der Waals surface area contributed by atoms with E-state index in [4.69, 9.17) is 10.9 Å². The van der Waals surface area contributed by atoms with Gasteiger partial charge in [-0.15, -0.1) is 0 Å². The molecular formula is C10H9BrN6O2. The van der Waals surface area contributed by atoms with Crippen LogP contribution in [0, 0.1) is 0 Å². The number of aromatic nitrogens is 3. The number of amidine groups is 1. The van der Waals surface area contributed by atoms with Crippen LogP contribution in [0.1, 0.15) is 16.1 Å². The molecule has 9 heteroatoms. The third-order valence-corrected chi connectivity index (χ3v) is 2.75. The molecule has 0 atom stereocenters. The van der Waals surface area contributed by atoms with Crippen LogP contribution in [0.3, 0.4) is 0 Å². The Morgan fingerprint density at radius 2 is 2.32 bits per heavy atom. The van der Waals surface area contributed by atoms with Crippen molar-refractivity contribution in [3.05, 3.63) is 40.1 Å². The number of rotatable bonds is 3. The van der Waals surface area contributed by atoms with Crippen molar-refractivity contribution in [3.8, 4) is 0 Å². The Labute approximate surface area is 115 Å². The second-order valence-corrected chi connectivity index (χ2v) is 4.40. The van der Waals surface area contributed by atoms with Crippen molar-refractivity contribution in [3.63, 3.8) is 0 Å². The molecule has 1 amide bonds. The standard InChI is InChI=1S/C10H9BrN6O2/c11-5-1-2-6(9(12)16-19)7(3-5)14-10(18)8-4-13-17-15-8/h1-4,19H,(H2,12,16)(H,14,18)(H,13,15,17). The zero-order valence-corrected chi connectivity index (χ0v) is 11.0. The van der Waals surface area contributed by atoms with Crippen molar-refractivity contribution < 1.29 is 10.0 Å². The number of amides is 1. The molecule has 1 aromatic carbocycles. The molecule has 8 nitrogen and oxygen atoms in total. The van der Waals surface area contributed by atoms with Gasteiger partial charge in [-0.25, -0.2) is 0 Å². The fourth-order valence-corrected chi connectivity index (χ4v) is 1.76. The molecule has 0 aliphatic heterocycles. The molecule has 0 saturated carbocycles. The molecule has 0 bridgehead atoms. The Morgan fingerprint density at radius 3 is 2.95 bits per heavy atom. The Bertz CT molecular complexity index is 625. The molecule has 2 aromatic rings. The first-order chi connectivity index (χ1) is 9.11. The second kappa shape index (κ2) is 5.48. The van der Waals surface area contributed by atoms with E-state index in [1.54, 1.807) is 18.2 Å². The summed E-state index contributed by atoms with van der Waals surface area (Å²) in [4.78, 5) is 11.9. The van der Waals surface area contributed by atoms with Gasteiger partial charge in [0.2, 0.25) is 0 Å². The molecule has 19 heavy (non-hydrogen) atoms. The molecule has 0 fully saturated rings. The highest BCUT2D eigenvalue weighted by molar-refractivity contribution is 9.10. The Kier molecular flexibility index (Phi) is 3.76. The third-order valence-electron chi connectivity index (χ3n) is 2.26. The van der Waals surface area contributed by atoms with Gasteiger partial charge in [0.05, 0.1) is 11.9 Å². The van der Waals surface area contributed by atoms with Gasteiger partial charge in [0, 0.05) is 10.0 Å². The number of carbonyl (C=O) groups is 1. The van der Waals surface area contributed by atoms with Crippen LogP contribution >= 0.6 is 15.9 Å². The van der Waals surface area contributed by atoms with Gasteiger partial charge < -0.3 is 16.3 Å². The summed E-state index contributed by atoms with van der Waals surface area (Å²) in [6, 6.07) is 4.95. The van der Waals surface area contributed by atoms with Gasteiger partial charge in [-0.2, -0.15) is 15.4 Å². The highest BCUT2D eigenvalue weighted by Gasteiger charge is 2.13. The first kappa shape index (κ1) is 13.0. The van der Waals surface area contributed by atoms with Crippen LogP contribution < -0.4 is 11.1 Å². The number of nitrogens with two attached hydrogens (primary N) is 1. The summed E-state index contributed by atoms with van der Waals surface area (Å²) in [6.07, 6.45) is 1.29. The maximum atomic E-state index is 11.9. The highest BCUT2D eigenvalue weighted by Crippen LogP contribution is 2.21. The molecule has 2 rings (SSSR count). The van der Waals surface area contributed by atoms with E-state index in [1.165, 1.54) is 6.20 Å². The summed E-state index contributed by atoms with van der Waals surface area (Å²) in [5, 5.41) is 23.8. The van der Waals surface area contributed by atoms with E-state index in [0.717, 1.165) is 4.47 Å². The van der Waals surface area contributed by atoms with Crippen molar-refractivity contribution in [1.29, 1.82) is 0 Å². The number of benzene rings is 1. The first-order valence-electron chi connectivity index (χ1n) is 5.06. The summed E-state index contributed by atoms with van der Waals surface area (Å²) >= 11 is 3.28. The normalized spacial score (nSPS) is 11.3. The monoisotopic (exact) mass is 324 g/mol. The second-order valence-electron chi connectivity index (χ2n) is 3.48. The molecule has 5 N–H and O–H groups in total. The Hall–Kier alpha value is -2.42. The minimum absolute atomic E-state index is 0.108. The average Bonchev–Trinajstić information content (AvgIpc) is 2.92. The Balaban J connectivity index is 2.33. The van der Waals surface area contributed by atoms with E-state index < -0.39 is 5.91 Å². The lowest BCUT2D eigenvalue weighted by molar-refractivity contribution is 0.102. The topological polar surface area (TPSA) is 129 Å². The molecule has 1 aromatic heterocycles. The molecule has 0 radical (unpaired) electrons. The van der Waals surface area contributed by atoms with E-state index in [2.05, 4.69) is 41.8 Å². The number of carbonyl (C=O) groups excluding carboxylic acids is 1. The number of hydrogen-bond donors (Lipinski definition) is 4. The van der Waals surface area contributed by atoms with Crippen molar-refractivity contribution in [2.45, 2.75) is 0 Å². The number of hydrogen-bond acceptors (Lipinski definition) is 5. The first-order valence-corrected chi connectivity index (χ1v) is 5.85. The van der Waals surface area contributed by atoms with Crippen LogP contribution in [0.5, 0.6) is 0 Å². The number of nitrogens with zero attached hydrogens (tertiary/aromatic N) is 3. The summed E-state index contributed by atoms with van der Waals surface area (Å²) < 4.78 is 0.734. The number of aromatic amines is 1. The van der Waals surface area contributed by atoms with Crippen LogP contribution in [-0.2, 0) is 0 Å². The van der Waals surface area contributed by atoms with Crippen LogP contribution in [0.15, 0.2) is 34.0 Å². The van der Waals surface area contributed by atoms with Gasteiger partial charge in [0.1, 0.15) is 0 Å². The summed E-state index contributed by atoms with van der Waals surface area (Å²) in [7, 11) is 0. The van der Waals surface area contributed by atoms with Crippen molar-refractivity contribution in [2.24, 2.45) is 10.9 Å². The minimum atomic E-state index is -0.459.